The molecular weight excluding hydrogens is 547 g/mol. The predicted molar refractivity (Wildman–Crippen MR) is 143 cm³/mol. The van der Waals surface area contributed by atoms with Crippen LogP contribution >= 0.6 is 0 Å². The molecule has 0 amide bonds. The van der Waals surface area contributed by atoms with E-state index in [1.165, 1.54) is 16.7 Å². The molecule has 41 heavy (non-hydrogen) atoms. The number of anilines is 3. The van der Waals surface area contributed by atoms with E-state index in [1.54, 1.807) is 24.3 Å². The minimum atomic E-state index is -4.38. The van der Waals surface area contributed by atoms with Gasteiger partial charge in [0.15, 0.2) is 5.82 Å². The zero-order chi connectivity index (χ0) is 28.6. The van der Waals surface area contributed by atoms with Crippen molar-refractivity contribution in [2.24, 2.45) is 0 Å². The minimum Gasteiger partial charge on any atom is -0.382 e. The molecule has 0 aliphatic carbocycles. The van der Waals surface area contributed by atoms with Crippen molar-refractivity contribution in [1.82, 2.24) is 24.5 Å². The van der Waals surface area contributed by atoms with E-state index in [0.717, 1.165) is 12.1 Å². The second-order valence-electron chi connectivity index (χ2n) is 9.91. The first-order valence-electron chi connectivity index (χ1n) is 13.3. The second-order valence-corrected chi connectivity index (χ2v) is 9.91. The molecule has 216 valence electrons. The molecule has 0 saturated carbocycles. The predicted octanol–water partition coefficient (Wildman–Crippen LogP) is 5.08. The largest absolute Gasteiger partial charge is 0.416 e. The minimum absolute atomic E-state index is 0.0334. The molecule has 2 aliphatic rings. The van der Waals surface area contributed by atoms with Gasteiger partial charge in [-0.25, -0.2) is 13.8 Å². The van der Waals surface area contributed by atoms with Crippen molar-refractivity contribution in [3.05, 3.63) is 59.9 Å². The highest BCUT2D eigenvalue weighted by Crippen LogP contribution is 2.31. The van der Waals surface area contributed by atoms with Gasteiger partial charge in [-0.05, 0) is 49.2 Å². The van der Waals surface area contributed by atoms with Crippen LogP contribution in [0.2, 0.25) is 0 Å². The van der Waals surface area contributed by atoms with E-state index in [-0.39, 0.29) is 12.0 Å². The molecule has 6 rings (SSSR count). The van der Waals surface area contributed by atoms with Crippen LogP contribution in [0.5, 0.6) is 0 Å². The Balaban J connectivity index is 1.27. The highest BCUT2D eigenvalue weighted by Gasteiger charge is 2.30. The summed E-state index contributed by atoms with van der Waals surface area (Å²) in [5, 5.41) is 3.30. The molecule has 0 radical (unpaired) electrons. The molecule has 0 atom stereocenters. The van der Waals surface area contributed by atoms with Gasteiger partial charge in [-0.1, -0.05) is 12.1 Å². The number of nitrogens with zero attached hydrogens (tertiary/aromatic N) is 7. The van der Waals surface area contributed by atoms with Crippen molar-refractivity contribution < 1.29 is 26.7 Å². The molecule has 2 aromatic carbocycles. The van der Waals surface area contributed by atoms with E-state index < -0.39 is 24.0 Å². The second kappa shape index (κ2) is 11.1. The Hall–Kier alpha value is -4.07. The quantitative estimate of drug-likeness (QED) is 0.319. The van der Waals surface area contributed by atoms with Crippen molar-refractivity contribution in [3.8, 4) is 5.95 Å². The van der Waals surface area contributed by atoms with Crippen molar-refractivity contribution in [1.29, 1.82) is 0 Å². The lowest BCUT2D eigenvalue weighted by Crippen LogP contribution is -2.41. The van der Waals surface area contributed by atoms with Crippen molar-refractivity contribution in [2.75, 3.05) is 54.5 Å². The van der Waals surface area contributed by atoms with E-state index in [9.17, 15) is 22.0 Å². The number of morpholine rings is 1. The molecule has 2 aliphatic heterocycles. The van der Waals surface area contributed by atoms with Gasteiger partial charge >= 0.3 is 6.18 Å². The average molecular weight is 575 g/mol. The molecule has 0 bridgehead atoms. The lowest BCUT2D eigenvalue weighted by Gasteiger charge is -2.34. The number of halogens is 5. The first-order chi connectivity index (χ1) is 19.8. The summed E-state index contributed by atoms with van der Waals surface area (Å²) >= 11 is 0. The highest BCUT2D eigenvalue weighted by molar-refractivity contribution is 5.77. The fraction of sp³-hybridized carbons (Fsp3) is 0.407. The number of hydrogen-bond acceptors (Lipinski definition) is 8. The topological polar surface area (TPSA) is 84.2 Å². The Morgan fingerprint density at radius 1 is 0.780 bits per heavy atom. The normalized spacial score (nSPS) is 17.0. The molecule has 2 fully saturated rings. The van der Waals surface area contributed by atoms with E-state index in [1.807, 2.05) is 9.80 Å². The van der Waals surface area contributed by atoms with E-state index in [4.69, 9.17) is 9.72 Å². The number of benzene rings is 2. The summed E-state index contributed by atoms with van der Waals surface area (Å²) in [4.78, 5) is 22.0. The first kappa shape index (κ1) is 27.1. The summed E-state index contributed by atoms with van der Waals surface area (Å²) in [5.74, 6) is 0.347. The fourth-order valence-corrected chi connectivity index (χ4v) is 5.11. The van der Waals surface area contributed by atoms with E-state index in [2.05, 4.69) is 20.3 Å². The third kappa shape index (κ3) is 5.73. The molecule has 0 spiro atoms. The number of hydrogen-bond donors (Lipinski definition) is 1. The van der Waals surface area contributed by atoms with Gasteiger partial charge in [-0.2, -0.15) is 28.1 Å². The van der Waals surface area contributed by atoms with Crippen LogP contribution in [0.1, 0.15) is 30.7 Å². The van der Waals surface area contributed by atoms with Gasteiger partial charge in [0.2, 0.25) is 17.8 Å². The molecule has 2 aromatic heterocycles. The van der Waals surface area contributed by atoms with Crippen LogP contribution in [0.15, 0.2) is 48.5 Å². The lowest BCUT2D eigenvalue weighted by molar-refractivity contribution is -0.137. The summed E-state index contributed by atoms with van der Waals surface area (Å²) in [6.45, 7) is 3.19. The van der Waals surface area contributed by atoms with Crippen molar-refractivity contribution >= 4 is 28.6 Å². The van der Waals surface area contributed by atoms with Gasteiger partial charge in [0.1, 0.15) is 0 Å². The van der Waals surface area contributed by atoms with Crippen LogP contribution in [0.4, 0.5) is 39.5 Å². The molecule has 0 unspecified atom stereocenters. The number of alkyl halides is 5. The third-order valence-electron chi connectivity index (χ3n) is 7.24. The number of aromatic nitrogens is 5. The van der Waals surface area contributed by atoms with Gasteiger partial charge in [0.25, 0.3) is 6.43 Å². The molecule has 4 aromatic rings. The molecule has 2 saturated heterocycles. The van der Waals surface area contributed by atoms with Crippen LogP contribution in [0.25, 0.3) is 17.0 Å². The third-order valence-corrected chi connectivity index (χ3v) is 7.24. The Morgan fingerprint density at radius 3 is 2.02 bits per heavy atom. The first-order valence-corrected chi connectivity index (χ1v) is 13.3. The van der Waals surface area contributed by atoms with Crippen LogP contribution < -0.4 is 15.1 Å². The van der Waals surface area contributed by atoms with Gasteiger partial charge in [0.05, 0.1) is 29.8 Å². The number of rotatable bonds is 6. The zero-order valence-corrected chi connectivity index (χ0v) is 21.9. The summed E-state index contributed by atoms with van der Waals surface area (Å²) in [5.41, 5.74) is 0.792. The SMILES string of the molecule is FC(F)c1nc2ccccc2n1-c1nc(N2CCOCC2)nc(N2CCC(Nc3ccc(C(F)(F)F)cc3)CC2)n1. The molecule has 4 heterocycles. The van der Waals surface area contributed by atoms with Crippen LogP contribution in [-0.4, -0.2) is 69.9 Å². The Kier molecular flexibility index (Phi) is 7.32. The standard InChI is InChI=1S/C27H27F5N8O/c28-22(29)23-34-20-3-1-2-4-21(20)40(23)26-36-24(35-25(37-26)39-13-15-41-16-14-39)38-11-9-19(10-12-38)33-18-7-5-17(6-8-18)27(30,31)32/h1-8,19,22,33H,9-16H2. The zero-order valence-electron chi connectivity index (χ0n) is 21.9. The van der Waals surface area contributed by atoms with Gasteiger partial charge in [-0.3, -0.25) is 4.57 Å². The molecule has 14 heteroatoms. The van der Waals surface area contributed by atoms with Gasteiger partial charge in [0, 0.05) is 37.9 Å². The van der Waals surface area contributed by atoms with Crippen LogP contribution in [0.3, 0.4) is 0 Å². The highest BCUT2D eigenvalue weighted by atomic mass is 19.4. The monoisotopic (exact) mass is 574 g/mol. The summed E-state index contributed by atoms with van der Waals surface area (Å²) < 4.78 is 73.6. The number of ether oxygens (including phenoxy) is 1. The van der Waals surface area contributed by atoms with Gasteiger partial charge < -0.3 is 19.9 Å². The smallest absolute Gasteiger partial charge is 0.382 e. The van der Waals surface area contributed by atoms with Gasteiger partial charge in [-0.15, -0.1) is 0 Å². The Bertz CT molecular complexity index is 1500. The maximum Gasteiger partial charge on any atom is 0.416 e. The Morgan fingerprint density at radius 2 is 1.39 bits per heavy atom. The fourth-order valence-electron chi connectivity index (χ4n) is 5.11. The van der Waals surface area contributed by atoms with E-state index >= 15 is 0 Å². The molecular formula is C27H27F5N8O. The van der Waals surface area contributed by atoms with Crippen molar-refractivity contribution in [3.63, 3.8) is 0 Å². The number of fused-ring (bicyclic) bond motifs is 1. The van der Waals surface area contributed by atoms with Crippen molar-refractivity contribution in [2.45, 2.75) is 31.5 Å². The number of para-hydroxylation sites is 2. The maximum absolute atomic E-state index is 14.1. The average Bonchev–Trinajstić information content (AvgIpc) is 3.38. The summed E-state index contributed by atoms with van der Waals surface area (Å²) in [7, 11) is 0. The van der Waals surface area contributed by atoms with Crippen LogP contribution in [-0.2, 0) is 10.9 Å². The summed E-state index contributed by atoms with van der Waals surface area (Å²) in [6.07, 6.45) is -5.88. The Labute approximate surface area is 232 Å². The maximum atomic E-state index is 14.1. The molecule has 9 nitrogen and oxygen atoms in total. The number of imidazole rings is 1. The van der Waals surface area contributed by atoms with Crippen LogP contribution in [0, 0.1) is 0 Å². The van der Waals surface area contributed by atoms with E-state index in [0.29, 0.717) is 80.9 Å². The number of piperidine rings is 1. The molecule has 1 N–H and O–H groups in total. The lowest BCUT2D eigenvalue weighted by atomic mass is 10.0. The summed E-state index contributed by atoms with van der Waals surface area (Å²) in [6, 6.07) is 11.9. The number of nitrogens with one attached hydrogen (secondary N) is 1.